The molecule has 0 aliphatic heterocycles. The second kappa shape index (κ2) is 6.53. The van der Waals surface area contributed by atoms with Gasteiger partial charge in [0.05, 0.1) is 6.07 Å². The molecule has 0 aliphatic rings. The fraction of sp³-hybridized carbons (Fsp3) is 0.267. The first kappa shape index (κ1) is 13.8. The summed E-state index contributed by atoms with van der Waals surface area (Å²) >= 11 is 0. The number of hydrogen-bond donors (Lipinski definition) is 1. The summed E-state index contributed by atoms with van der Waals surface area (Å²) in [6.45, 7) is 4.96. The predicted octanol–water partition coefficient (Wildman–Crippen LogP) is 2.88. The Morgan fingerprint density at radius 2 is 2.00 bits per heavy atom. The van der Waals surface area contributed by atoms with Gasteiger partial charge in [-0.05, 0) is 26.0 Å². The van der Waals surface area contributed by atoms with E-state index in [0.29, 0.717) is 11.6 Å². The Balaban J connectivity index is 2.35. The van der Waals surface area contributed by atoms with Gasteiger partial charge < -0.3 is 10.2 Å². The summed E-state index contributed by atoms with van der Waals surface area (Å²) in [6.07, 6.45) is 0. The van der Waals surface area contributed by atoms with Crippen LogP contribution in [0.25, 0.3) is 0 Å². The van der Waals surface area contributed by atoms with Crippen molar-refractivity contribution >= 4 is 17.3 Å². The number of benzene rings is 1. The van der Waals surface area contributed by atoms with Crippen LogP contribution in [-0.4, -0.2) is 23.1 Å². The second-order valence-corrected chi connectivity index (χ2v) is 4.25. The third-order valence-electron chi connectivity index (χ3n) is 2.83. The van der Waals surface area contributed by atoms with Gasteiger partial charge in [0.25, 0.3) is 0 Å². The van der Waals surface area contributed by atoms with E-state index in [9.17, 15) is 0 Å². The first-order chi connectivity index (χ1) is 9.74. The highest BCUT2D eigenvalue weighted by atomic mass is 15.2. The van der Waals surface area contributed by atoms with E-state index in [4.69, 9.17) is 5.26 Å². The molecule has 1 N–H and O–H groups in total. The van der Waals surface area contributed by atoms with Crippen LogP contribution >= 0.6 is 0 Å². The summed E-state index contributed by atoms with van der Waals surface area (Å²) in [5.41, 5.74) is 1.08. The number of hydrogen-bond acceptors (Lipinski definition) is 5. The van der Waals surface area contributed by atoms with Gasteiger partial charge in [-0.25, -0.2) is 9.97 Å². The van der Waals surface area contributed by atoms with Crippen LogP contribution in [0.4, 0.5) is 17.3 Å². The normalized spacial score (nSPS) is 9.85. The largest absolute Gasteiger partial charge is 0.357 e. The van der Waals surface area contributed by atoms with Crippen molar-refractivity contribution in [2.24, 2.45) is 0 Å². The van der Waals surface area contributed by atoms with Gasteiger partial charge in [0.15, 0.2) is 0 Å². The molecule has 102 valence electrons. The molecular weight excluding hydrogens is 250 g/mol. The van der Waals surface area contributed by atoms with Gasteiger partial charge in [-0.3, -0.25) is 0 Å². The van der Waals surface area contributed by atoms with E-state index in [1.807, 2.05) is 49.4 Å². The van der Waals surface area contributed by atoms with Crippen LogP contribution in [-0.2, 0) is 0 Å². The number of nitrogens with zero attached hydrogens (tertiary/aromatic N) is 4. The molecule has 2 aromatic rings. The Morgan fingerprint density at radius 3 is 2.65 bits per heavy atom. The lowest BCUT2D eigenvalue weighted by Crippen LogP contribution is -2.18. The van der Waals surface area contributed by atoms with Gasteiger partial charge in [0.1, 0.15) is 24.0 Å². The minimum Gasteiger partial charge on any atom is -0.357 e. The topological polar surface area (TPSA) is 64.8 Å². The fourth-order valence-corrected chi connectivity index (χ4v) is 2.00. The van der Waals surface area contributed by atoms with Crippen molar-refractivity contribution in [3.05, 3.63) is 42.2 Å². The minimum absolute atomic E-state index is 0.230. The van der Waals surface area contributed by atoms with Crippen LogP contribution in [0, 0.1) is 18.3 Å². The Kier molecular flexibility index (Phi) is 4.51. The SMILES string of the molecule is CCN(c1ccccc1)c1cc(NCC#N)nc(C)n1. The summed E-state index contributed by atoms with van der Waals surface area (Å²) in [4.78, 5) is 10.9. The molecule has 0 unspecified atom stereocenters. The molecule has 1 heterocycles. The number of aromatic nitrogens is 2. The average molecular weight is 267 g/mol. The Bertz CT molecular complexity index is 603. The molecule has 0 bridgehead atoms. The lowest BCUT2D eigenvalue weighted by molar-refractivity contribution is 0.950. The molecule has 0 fully saturated rings. The standard InChI is InChI=1S/C15H17N5/c1-3-20(13-7-5-4-6-8-13)15-11-14(17-10-9-16)18-12(2)19-15/h4-8,11H,3,10H2,1-2H3,(H,17,18,19). The molecule has 2 rings (SSSR count). The third kappa shape index (κ3) is 3.23. The number of nitrogens with one attached hydrogen (secondary N) is 1. The molecule has 0 aliphatic carbocycles. The Hall–Kier alpha value is -2.61. The number of rotatable bonds is 5. The maximum atomic E-state index is 8.63. The van der Waals surface area contributed by atoms with E-state index in [-0.39, 0.29) is 6.54 Å². The van der Waals surface area contributed by atoms with E-state index in [2.05, 4.69) is 27.1 Å². The summed E-state index contributed by atoms with van der Waals surface area (Å²) in [5.74, 6) is 2.17. The van der Waals surface area contributed by atoms with Crippen molar-refractivity contribution in [3.63, 3.8) is 0 Å². The smallest absolute Gasteiger partial charge is 0.138 e. The molecule has 5 nitrogen and oxygen atoms in total. The van der Waals surface area contributed by atoms with E-state index >= 15 is 0 Å². The highest BCUT2D eigenvalue weighted by Crippen LogP contribution is 2.24. The quantitative estimate of drug-likeness (QED) is 0.844. The third-order valence-corrected chi connectivity index (χ3v) is 2.83. The Morgan fingerprint density at radius 1 is 1.25 bits per heavy atom. The van der Waals surface area contributed by atoms with E-state index in [1.54, 1.807) is 0 Å². The van der Waals surface area contributed by atoms with Gasteiger partial charge in [0, 0.05) is 18.3 Å². The van der Waals surface area contributed by atoms with Gasteiger partial charge in [-0.2, -0.15) is 5.26 Å². The lowest BCUT2D eigenvalue weighted by Gasteiger charge is -2.22. The minimum atomic E-state index is 0.230. The van der Waals surface area contributed by atoms with Crippen LogP contribution < -0.4 is 10.2 Å². The van der Waals surface area contributed by atoms with Crippen LogP contribution in [0.3, 0.4) is 0 Å². The molecule has 20 heavy (non-hydrogen) atoms. The molecule has 0 saturated carbocycles. The van der Waals surface area contributed by atoms with E-state index in [1.165, 1.54) is 0 Å². The molecule has 0 saturated heterocycles. The zero-order chi connectivity index (χ0) is 14.4. The van der Waals surface area contributed by atoms with Crippen molar-refractivity contribution < 1.29 is 0 Å². The monoisotopic (exact) mass is 267 g/mol. The highest BCUT2D eigenvalue weighted by Gasteiger charge is 2.10. The molecule has 0 amide bonds. The molecular formula is C15H17N5. The maximum Gasteiger partial charge on any atom is 0.138 e. The Labute approximate surface area is 118 Å². The zero-order valence-corrected chi connectivity index (χ0v) is 11.7. The van der Waals surface area contributed by atoms with Crippen LogP contribution in [0.5, 0.6) is 0 Å². The van der Waals surface area contributed by atoms with Crippen molar-refractivity contribution in [1.82, 2.24) is 9.97 Å². The van der Waals surface area contributed by atoms with Crippen LogP contribution in [0.1, 0.15) is 12.7 Å². The lowest BCUT2D eigenvalue weighted by atomic mass is 10.3. The van der Waals surface area contributed by atoms with Crippen molar-refractivity contribution in [3.8, 4) is 6.07 Å². The van der Waals surface area contributed by atoms with E-state index < -0.39 is 0 Å². The number of para-hydroxylation sites is 1. The van der Waals surface area contributed by atoms with Crippen LogP contribution in [0.15, 0.2) is 36.4 Å². The number of aryl methyl sites for hydroxylation is 1. The summed E-state index contributed by atoms with van der Waals surface area (Å²) in [6, 6.07) is 14.0. The molecule has 1 aromatic heterocycles. The number of anilines is 3. The number of nitriles is 1. The molecule has 1 aromatic carbocycles. The molecule has 0 radical (unpaired) electrons. The van der Waals surface area contributed by atoms with Gasteiger partial charge in [-0.15, -0.1) is 0 Å². The summed E-state index contributed by atoms with van der Waals surface area (Å²) in [5, 5.41) is 11.6. The van der Waals surface area contributed by atoms with Crippen LogP contribution in [0.2, 0.25) is 0 Å². The second-order valence-electron chi connectivity index (χ2n) is 4.25. The summed E-state index contributed by atoms with van der Waals surface area (Å²) in [7, 11) is 0. The predicted molar refractivity (Wildman–Crippen MR) is 80.0 cm³/mol. The van der Waals surface area contributed by atoms with Crippen molar-refractivity contribution in [2.45, 2.75) is 13.8 Å². The molecule has 0 atom stereocenters. The maximum absolute atomic E-state index is 8.63. The van der Waals surface area contributed by atoms with Gasteiger partial charge in [-0.1, -0.05) is 18.2 Å². The summed E-state index contributed by atoms with van der Waals surface area (Å²) < 4.78 is 0. The average Bonchev–Trinajstić information content (AvgIpc) is 2.46. The van der Waals surface area contributed by atoms with E-state index in [0.717, 1.165) is 18.1 Å². The van der Waals surface area contributed by atoms with Crippen molar-refractivity contribution in [1.29, 1.82) is 5.26 Å². The highest BCUT2D eigenvalue weighted by molar-refractivity contribution is 5.62. The molecule has 5 heteroatoms. The van der Waals surface area contributed by atoms with Gasteiger partial charge in [0.2, 0.25) is 0 Å². The fourth-order valence-electron chi connectivity index (χ4n) is 2.00. The molecule has 0 spiro atoms. The first-order valence-electron chi connectivity index (χ1n) is 6.53. The first-order valence-corrected chi connectivity index (χ1v) is 6.53. The van der Waals surface area contributed by atoms with Gasteiger partial charge >= 0.3 is 0 Å². The zero-order valence-electron chi connectivity index (χ0n) is 11.7. The van der Waals surface area contributed by atoms with Crippen molar-refractivity contribution in [2.75, 3.05) is 23.3 Å².